The lowest BCUT2D eigenvalue weighted by Crippen LogP contribution is -2.21. The van der Waals surface area contributed by atoms with Crippen LogP contribution in [0.4, 0.5) is 0 Å². The summed E-state index contributed by atoms with van der Waals surface area (Å²) in [7, 11) is 0. The molecule has 2 rings (SSSR count). The van der Waals surface area contributed by atoms with Crippen molar-refractivity contribution in [3.05, 3.63) is 39.9 Å². The summed E-state index contributed by atoms with van der Waals surface area (Å²) >= 11 is 1.42. The lowest BCUT2D eigenvalue weighted by Gasteiger charge is -1.99. The minimum atomic E-state index is -0.163. The van der Waals surface area contributed by atoms with Crippen molar-refractivity contribution in [3.63, 3.8) is 0 Å². The van der Waals surface area contributed by atoms with Crippen LogP contribution < -0.4 is 11.1 Å². The molecule has 5 nitrogen and oxygen atoms in total. The van der Waals surface area contributed by atoms with Crippen molar-refractivity contribution in [2.75, 3.05) is 6.54 Å². The standard InChI is InChI=1S/C12H11N3O2S/c13-4-1-2-11-6-9(8-18-11)12(16)14-7-10-3-5-15-17-10/h3,5-6,8H,4,7,13H2,(H,14,16). The van der Waals surface area contributed by atoms with Gasteiger partial charge in [-0.2, -0.15) is 0 Å². The number of carbonyl (C=O) groups excluding carboxylic acids is 1. The van der Waals surface area contributed by atoms with E-state index in [1.807, 2.05) is 0 Å². The molecule has 0 aliphatic rings. The molecule has 0 spiro atoms. The average molecular weight is 261 g/mol. The molecule has 1 amide bonds. The van der Waals surface area contributed by atoms with Gasteiger partial charge in [0.2, 0.25) is 0 Å². The Kier molecular flexibility index (Phi) is 4.12. The topological polar surface area (TPSA) is 81.2 Å². The highest BCUT2D eigenvalue weighted by atomic mass is 32.1. The van der Waals surface area contributed by atoms with Gasteiger partial charge in [-0.15, -0.1) is 11.3 Å². The molecule has 0 aromatic carbocycles. The van der Waals surface area contributed by atoms with Gasteiger partial charge in [0.1, 0.15) is 0 Å². The van der Waals surface area contributed by atoms with Gasteiger partial charge in [0, 0.05) is 11.4 Å². The van der Waals surface area contributed by atoms with Crippen LogP contribution in [0.25, 0.3) is 0 Å². The summed E-state index contributed by atoms with van der Waals surface area (Å²) in [4.78, 5) is 12.6. The van der Waals surface area contributed by atoms with Gasteiger partial charge in [0.25, 0.3) is 5.91 Å². The van der Waals surface area contributed by atoms with Crippen LogP contribution >= 0.6 is 11.3 Å². The van der Waals surface area contributed by atoms with E-state index in [1.165, 1.54) is 17.5 Å². The molecule has 0 saturated heterocycles. The number of hydrogen-bond donors (Lipinski definition) is 2. The zero-order valence-corrected chi connectivity index (χ0v) is 10.3. The molecule has 2 aromatic rings. The largest absolute Gasteiger partial charge is 0.360 e. The Morgan fingerprint density at radius 1 is 1.61 bits per heavy atom. The lowest BCUT2D eigenvalue weighted by atomic mass is 10.3. The van der Waals surface area contributed by atoms with Crippen LogP contribution in [0.3, 0.4) is 0 Å². The van der Waals surface area contributed by atoms with Gasteiger partial charge < -0.3 is 15.6 Å². The third-order valence-electron chi connectivity index (χ3n) is 2.09. The van der Waals surface area contributed by atoms with E-state index in [0.29, 0.717) is 24.4 Å². The molecular formula is C12H11N3O2S. The van der Waals surface area contributed by atoms with Gasteiger partial charge in [-0.05, 0) is 6.07 Å². The third-order valence-corrected chi connectivity index (χ3v) is 2.94. The number of amides is 1. The van der Waals surface area contributed by atoms with Crippen molar-refractivity contribution in [1.82, 2.24) is 10.5 Å². The van der Waals surface area contributed by atoms with Crippen LogP contribution in [-0.2, 0) is 6.54 Å². The van der Waals surface area contributed by atoms with E-state index in [2.05, 4.69) is 22.3 Å². The maximum atomic E-state index is 11.8. The molecule has 0 atom stereocenters. The van der Waals surface area contributed by atoms with Crippen LogP contribution in [-0.4, -0.2) is 17.6 Å². The monoisotopic (exact) mass is 261 g/mol. The fourth-order valence-corrected chi connectivity index (χ4v) is 2.02. The zero-order valence-electron chi connectivity index (χ0n) is 9.47. The fourth-order valence-electron chi connectivity index (χ4n) is 1.26. The van der Waals surface area contributed by atoms with Crippen LogP contribution in [0.15, 0.2) is 28.2 Å². The van der Waals surface area contributed by atoms with E-state index in [4.69, 9.17) is 10.3 Å². The Morgan fingerprint density at radius 2 is 2.50 bits per heavy atom. The van der Waals surface area contributed by atoms with E-state index in [-0.39, 0.29) is 5.91 Å². The van der Waals surface area contributed by atoms with Crippen molar-refractivity contribution in [2.45, 2.75) is 6.54 Å². The van der Waals surface area contributed by atoms with Crippen LogP contribution in [0.1, 0.15) is 21.0 Å². The number of rotatable bonds is 3. The number of aromatic nitrogens is 1. The molecule has 3 N–H and O–H groups in total. The highest BCUT2D eigenvalue weighted by molar-refractivity contribution is 7.10. The molecule has 2 aromatic heterocycles. The van der Waals surface area contributed by atoms with Gasteiger partial charge in [0.05, 0.1) is 29.7 Å². The smallest absolute Gasteiger partial charge is 0.252 e. The molecule has 18 heavy (non-hydrogen) atoms. The number of carbonyl (C=O) groups is 1. The third kappa shape index (κ3) is 3.20. The predicted octanol–water partition coefficient (Wildman–Crippen LogP) is 0.976. The second-order valence-corrected chi connectivity index (χ2v) is 4.28. The number of nitrogens with one attached hydrogen (secondary N) is 1. The summed E-state index contributed by atoms with van der Waals surface area (Å²) < 4.78 is 4.88. The van der Waals surface area contributed by atoms with E-state index in [0.717, 1.165) is 4.88 Å². The lowest BCUT2D eigenvalue weighted by molar-refractivity contribution is 0.0947. The first-order valence-corrected chi connectivity index (χ1v) is 6.13. The van der Waals surface area contributed by atoms with Crippen LogP contribution in [0.2, 0.25) is 0 Å². The van der Waals surface area contributed by atoms with Crippen molar-refractivity contribution in [2.24, 2.45) is 5.73 Å². The molecular weight excluding hydrogens is 250 g/mol. The highest BCUT2D eigenvalue weighted by Gasteiger charge is 2.08. The quantitative estimate of drug-likeness (QED) is 0.807. The Labute approximate surface area is 108 Å². The molecule has 0 aliphatic heterocycles. The normalized spacial score (nSPS) is 9.61. The minimum Gasteiger partial charge on any atom is -0.360 e. The Bertz CT molecular complexity index is 578. The zero-order chi connectivity index (χ0) is 12.8. The molecule has 0 saturated carbocycles. The summed E-state index contributed by atoms with van der Waals surface area (Å²) in [6.45, 7) is 0.628. The highest BCUT2D eigenvalue weighted by Crippen LogP contribution is 2.13. The van der Waals surface area contributed by atoms with Gasteiger partial charge in [-0.1, -0.05) is 17.0 Å². The Morgan fingerprint density at radius 3 is 3.22 bits per heavy atom. The summed E-state index contributed by atoms with van der Waals surface area (Å²) in [5.41, 5.74) is 5.86. The molecule has 0 fully saturated rings. The average Bonchev–Trinajstić information content (AvgIpc) is 3.04. The van der Waals surface area contributed by atoms with E-state index in [9.17, 15) is 4.79 Å². The first-order valence-electron chi connectivity index (χ1n) is 5.25. The summed E-state index contributed by atoms with van der Waals surface area (Å²) in [6, 6.07) is 3.44. The minimum absolute atomic E-state index is 0.163. The first kappa shape index (κ1) is 12.4. The van der Waals surface area contributed by atoms with Crippen molar-refractivity contribution < 1.29 is 9.32 Å². The van der Waals surface area contributed by atoms with E-state index >= 15 is 0 Å². The summed E-state index contributed by atoms with van der Waals surface area (Å²) in [6.07, 6.45) is 1.53. The SMILES string of the molecule is NCC#Cc1cc(C(=O)NCc2ccno2)cs1. The molecule has 0 unspecified atom stereocenters. The van der Waals surface area contributed by atoms with Gasteiger partial charge in [0.15, 0.2) is 5.76 Å². The van der Waals surface area contributed by atoms with Gasteiger partial charge in [-0.3, -0.25) is 4.79 Å². The van der Waals surface area contributed by atoms with Crippen molar-refractivity contribution in [3.8, 4) is 11.8 Å². The van der Waals surface area contributed by atoms with Crippen LogP contribution in [0.5, 0.6) is 0 Å². The molecule has 92 valence electrons. The molecule has 0 radical (unpaired) electrons. The van der Waals surface area contributed by atoms with Gasteiger partial charge >= 0.3 is 0 Å². The van der Waals surface area contributed by atoms with E-state index in [1.54, 1.807) is 17.5 Å². The van der Waals surface area contributed by atoms with E-state index < -0.39 is 0 Å². The van der Waals surface area contributed by atoms with Crippen molar-refractivity contribution >= 4 is 17.2 Å². The maximum absolute atomic E-state index is 11.8. The second-order valence-electron chi connectivity index (χ2n) is 3.37. The number of nitrogens with two attached hydrogens (primary N) is 1. The molecule has 6 heteroatoms. The second kappa shape index (κ2) is 6.00. The fraction of sp³-hybridized carbons (Fsp3) is 0.167. The maximum Gasteiger partial charge on any atom is 0.252 e. The number of nitrogens with zero attached hydrogens (tertiary/aromatic N) is 1. The Balaban J connectivity index is 1.94. The summed E-state index contributed by atoms with van der Waals surface area (Å²) in [5.74, 6) is 6.08. The molecule has 2 heterocycles. The van der Waals surface area contributed by atoms with Crippen molar-refractivity contribution in [1.29, 1.82) is 0 Å². The first-order chi connectivity index (χ1) is 8.79. The molecule has 0 bridgehead atoms. The number of thiophene rings is 1. The van der Waals surface area contributed by atoms with Crippen LogP contribution in [0, 0.1) is 11.8 Å². The molecule has 0 aliphatic carbocycles. The summed E-state index contributed by atoms with van der Waals surface area (Å²) in [5, 5.41) is 8.05. The number of hydrogen-bond acceptors (Lipinski definition) is 5. The van der Waals surface area contributed by atoms with Gasteiger partial charge in [-0.25, -0.2) is 0 Å². The Hall–Kier alpha value is -2.10. The predicted molar refractivity (Wildman–Crippen MR) is 67.9 cm³/mol.